The van der Waals surface area contributed by atoms with Crippen molar-refractivity contribution in [2.45, 2.75) is 26.8 Å². The second-order valence-electron chi connectivity index (χ2n) is 4.26. The summed E-state index contributed by atoms with van der Waals surface area (Å²) in [5.74, 6) is 0. The summed E-state index contributed by atoms with van der Waals surface area (Å²) in [6, 6.07) is 8.40. The van der Waals surface area contributed by atoms with E-state index < -0.39 is 0 Å². The molecule has 0 aliphatic rings. The minimum Gasteiger partial charge on any atom is -0.309 e. The third kappa shape index (κ3) is 5.07. The average molecular weight is 255 g/mol. The van der Waals surface area contributed by atoms with E-state index in [1.165, 1.54) is 5.56 Å². The van der Waals surface area contributed by atoms with E-state index >= 15 is 0 Å². The molecule has 0 bridgehead atoms. The van der Waals surface area contributed by atoms with Crippen LogP contribution in [0, 0.1) is 0 Å². The Morgan fingerprint density at radius 2 is 2.00 bits per heavy atom. The fourth-order valence-corrected chi connectivity index (χ4v) is 2.07. The Kier molecular flexibility index (Phi) is 6.56. The zero-order chi connectivity index (χ0) is 12.7. The van der Waals surface area contributed by atoms with Crippen LogP contribution in [0.4, 0.5) is 0 Å². The molecular weight excluding hydrogens is 232 g/mol. The lowest BCUT2D eigenvalue weighted by Crippen LogP contribution is -2.33. The topological polar surface area (TPSA) is 15.3 Å². The third-order valence-corrected chi connectivity index (χ3v) is 3.36. The van der Waals surface area contributed by atoms with E-state index in [-0.39, 0.29) is 0 Å². The lowest BCUT2D eigenvalue weighted by atomic mass is 10.1. The summed E-state index contributed by atoms with van der Waals surface area (Å²) < 4.78 is 0. The van der Waals surface area contributed by atoms with E-state index in [0.29, 0.717) is 6.04 Å². The van der Waals surface area contributed by atoms with Crippen molar-refractivity contribution < 1.29 is 0 Å². The van der Waals surface area contributed by atoms with Gasteiger partial charge < -0.3 is 10.2 Å². The standard InChI is InChI=1S/C14H23ClN2/c1-4-17(5-2)10-9-16-12(3)13-7-6-8-14(15)11-13/h6-8,11-12,16H,4-5,9-10H2,1-3H3. The smallest absolute Gasteiger partial charge is 0.0409 e. The molecule has 1 unspecified atom stereocenters. The second-order valence-corrected chi connectivity index (χ2v) is 4.69. The lowest BCUT2D eigenvalue weighted by molar-refractivity contribution is 0.298. The van der Waals surface area contributed by atoms with Crippen molar-refractivity contribution in [1.29, 1.82) is 0 Å². The predicted octanol–water partition coefficient (Wildman–Crippen LogP) is 3.33. The highest BCUT2D eigenvalue weighted by Crippen LogP contribution is 2.16. The summed E-state index contributed by atoms with van der Waals surface area (Å²) in [5, 5.41) is 4.33. The quantitative estimate of drug-likeness (QED) is 0.803. The number of rotatable bonds is 7. The first-order chi connectivity index (χ1) is 8.17. The number of hydrogen-bond acceptors (Lipinski definition) is 2. The van der Waals surface area contributed by atoms with Crippen molar-refractivity contribution in [3.8, 4) is 0 Å². The van der Waals surface area contributed by atoms with Crippen molar-refractivity contribution in [2.75, 3.05) is 26.2 Å². The van der Waals surface area contributed by atoms with Crippen molar-refractivity contribution in [2.24, 2.45) is 0 Å². The molecule has 17 heavy (non-hydrogen) atoms. The van der Waals surface area contributed by atoms with Crippen LogP contribution in [0.25, 0.3) is 0 Å². The molecule has 3 heteroatoms. The maximum atomic E-state index is 5.98. The van der Waals surface area contributed by atoms with Gasteiger partial charge in [0.05, 0.1) is 0 Å². The van der Waals surface area contributed by atoms with Crippen LogP contribution in [0.5, 0.6) is 0 Å². The highest BCUT2D eigenvalue weighted by Gasteiger charge is 2.05. The molecule has 0 aliphatic heterocycles. The van der Waals surface area contributed by atoms with Crippen molar-refractivity contribution >= 4 is 11.6 Å². The van der Waals surface area contributed by atoms with E-state index in [9.17, 15) is 0 Å². The van der Waals surface area contributed by atoms with Gasteiger partial charge in [-0.2, -0.15) is 0 Å². The van der Waals surface area contributed by atoms with Gasteiger partial charge in [-0.25, -0.2) is 0 Å². The van der Waals surface area contributed by atoms with E-state index in [1.54, 1.807) is 0 Å². The summed E-state index contributed by atoms with van der Waals surface area (Å²) in [5.41, 5.74) is 1.25. The number of nitrogens with one attached hydrogen (secondary N) is 1. The Morgan fingerprint density at radius 1 is 1.29 bits per heavy atom. The van der Waals surface area contributed by atoms with Gasteiger partial charge in [-0.1, -0.05) is 37.6 Å². The molecule has 1 atom stereocenters. The minimum atomic E-state index is 0.351. The first kappa shape index (κ1) is 14.5. The lowest BCUT2D eigenvalue weighted by Gasteiger charge is -2.20. The Hall–Kier alpha value is -0.570. The van der Waals surface area contributed by atoms with Gasteiger partial charge in [-0.3, -0.25) is 0 Å². The van der Waals surface area contributed by atoms with E-state index in [4.69, 9.17) is 11.6 Å². The van der Waals surface area contributed by atoms with E-state index in [2.05, 4.69) is 37.1 Å². The number of halogens is 1. The van der Waals surface area contributed by atoms with Crippen LogP contribution in [-0.2, 0) is 0 Å². The fourth-order valence-electron chi connectivity index (χ4n) is 1.87. The van der Waals surface area contributed by atoms with Gasteiger partial charge in [0.2, 0.25) is 0 Å². The summed E-state index contributed by atoms with van der Waals surface area (Å²) in [4.78, 5) is 2.41. The minimum absolute atomic E-state index is 0.351. The highest BCUT2D eigenvalue weighted by atomic mass is 35.5. The van der Waals surface area contributed by atoms with Crippen molar-refractivity contribution in [3.63, 3.8) is 0 Å². The SMILES string of the molecule is CCN(CC)CCNC(C)c1cccc(Cl)c1. The summed E-state index contributed by atoms with van der Waals surface area (Å²) in [6.07, 6.45) is 0. The second kappa shape index (κ2) is 7.70. The maximum Gasteiger partial charge on any atom is 0.0409 e. The average Bonchev–Trinajstić information content (AvgIpc) is 2.34. The van der Waals surface area contributed by atoms with Crippen LogP contribution in [0.3, 0.4) is 0 Å². The van der Waals surface area contributed by atoms with Crippen LogP contribution in [-0.4, -0.2) is 31.1 Å². The Bertz CT molecular complexity index is 324. The van der Waals surface area contributed by atoms with Gasteiger partial charge in [0.25, 0.3) is 0 Å². The Balaban J connectivity index is 2.37. The van der Waals surface area contributed by atoms with Crippen molar-refractivity contribution in [1.82, 2.24) is 10.2 Å². The molecular formula is C14H23ClN2. The van der Waals surface area contributed by atoms with E-state index in [0.717, 1.165) is 31.2 Å². The Morgan fingerprint density at radius 3 is 2.59 bits per heavy atom. The van der Waals surface area contributed by atoms with Crippen LogP contribution in [0.15, 0.2) is 24.3 Å². The molecule has 96 valence electrons. The summed E-state index contributed by atoms with van der Waals surface area (Å²) >= 11 is 5.98. The molecule has 0 aromatic heterocycles. The van der Waals surface area contributed by atoms with Gasteiger partial charge >= 0.3 is 0 Å². The molecule has 1 rings (SSSR count). The monoisotopic (exact) mass is 254 g/mol. The summed E-state index contributed by atoms with van der Waals surface area (Å²) in [6.45, 7) is 10.9. The third-order valence-electron chi connectivity index (χ3n) is 3.12. The van der Waals surface area contributed by atoms with Crippen molar-refractivity contribution in [3.05, 3.63) is 34.9 Å². The number of nitrogens with zero attached hydrogens (tertiary/aromatic N) is 1. The van der Waals surface area contributed by atoms with Crippen LogP contribution in [0.2, 0.25) is 5.02 Å². The molecule has 0 saturated carbocycles. The molecule has 0 aliphatic carbocycles. The van der Waals surface area contributed by atoms with Crippen LogP contribution in [0.1, 0.15) is 32.4 Å². The Labute approximate surface area is 110 Å². The molecule has 1 aromatic rings. The van der Waals surface area contributed by atoms with Gasteiger partial charge in [-0.05, 0) is 37.7 Å². The largest absolute Gasteiger partial charge is 0.309 e. The molecule has 2 nitrogen and oxygen atoms in total. The van der Waals surface area contributed by atoms with Gasteiger partial charge in [0.15, 0.2) is 0 Å². The molecule has 0 fully saturated rings. The molecule has 0 amide bonds. The molecule has 1 N–H and O–H groups in total. The number of benzene rings is 1. The predicted molar refractivity (Wildman–Crippen MR) is 75.7 cm³/mol. The van der Waals surface area contributed by atoms with Gasteiger partial charge in [0.1, 0.15) is 0 Å². The van der Waals surface area contributed by atoms with Crippen LogP contribution < -0.4 is 5.32 Å². The maximum absolute atomic E-state index is 5.98. The molecule has 0 heterocycles. The van der Waals surface area contributed by atoms with Crippen LogP contribution >= 0.6 is 11.6 Å². The zero-order valence-electron chi connectivity index (χ0n) is 11.0. The first-order valence-electron chi connectivity index (χ1n) is 6.38. The van der Waals surface area contributed by atoms with Gasteiger partial charge in [-0.15, -0.1) is 0 Å². The fraction of sp³-hybridized carbons (Fsp3) is 0.571. The highest BCUT2D eigenvalue weighted by molar-refractivity contribution is 6.30. The first-order valence-corrected chi connectivity index (χ1v) is 6.76. The molecule has 0 saturated heterocycles. The zero-order valence-corrected chi connectivity index (χ0v) is 11.8. The molecule has 0 radical (unpaired) electrons. The number of likely N-dealkylation sites (N-methyl/N-ethyl adjacent to an activating group) is 1. The molecule has 0 spiro atoms. The summed E-state index contributed by atoms with van der Waals surface area (Å²) in [7, 11) is 0. The molecule has 1 aromatic carbocycles. The van der Waals surface area contributed by atoms with Gasteiger partial charge in [0, 0.05) is 24.2 Å². The van der Waals surface area contributed by atoms with E-state index in [1.807, 2.05) is 18.2 Å². The number of hydrogen-bond donors (Lipinski definition) is 1. The normalized spacial score (nSPS) is 13.0.